The van der Waals surface area contributed by atoms with Crippen molar-refractivity contribution >= 4 is 29.2 Å². The van der Waals surface area contributed by atoms with Crippen LogP contribution in [-0.4, -0.2) is 16.2 Å². The molecule has 1 atom stereocenters. The second kappa shape index (κ2) is 10.6. The third-order valence-electron chi connectivity index (χ3n) is 7.28. The van der Waals surface area contributed by atoms with Gasteiger partial charge in [0.25, 0.3) is 0 Å². The Morgan fingerprint density at radius 1 is 1.05 bits per heavy atom. The summed E-state index contributed by atoms with van der Waals surface area (Å²) in [7, 11) is 0. The number of carbonyl (C=O) groups is 1. The highest BCUT2D eigenvalue weighted by atomic mass is 35.5. The van der Waals surface area contributed by atoms with Crippen molar-refractivity contribution in [3.63, 3.8) is 0 Å². The Bertz CT molecular complexity index is 1630. The van der Waals surface area contributed by atoms with E-state index < -0.39 is 23.8 Å². The summed E-state index contributed by atoms with van der Waals surface area (Å²) in [5.74, 6) is 0.0709. The first kappa shape index (κ1) is 27.5. The summed E-state index contributed by atoms with van der Waals surface area (Å²) < 4.78 is 60.2. The first-order valence-corrected chi connectivity index (χ1v) is 13.7. The van der Waals surface area contributed by atoms with E-state index in [4.69, 9.17) is 37.2 Å². The molecule has 11 heteroatoms. The number of benzene rings is 3. The molecule has 2 heterocycles. The van der Waals surface area contributed by atoms with Crippen LogP contribution in [0, 0.1) is 0 Å². The number of aromatic nitrogens is 1. The molecule has 1 N–H and O–H groups in total. The van der Waals surface area contributed by atoms with Gasteiger partial charge in [0.15, 0.2) is 0 Å². The van der Waals surface area contributed by atoms with Crippen LogP contribution in [0.1, 0.15) is 69.7 Å². The Hall–Kier alpha value is -3.69. The number of fused-ring (bicyclic) bond motifs is 1. The molecule has 0 saturated heterocycles. The maximum absolute atomic E-state index is 14.3. The minimum Gasteiger partial charge on any atom is -0.489 e. The summed E-state index contributed by atoms with van der Waals surface area (Å²) in [6.07, 6.45) is -3.08. The zero-order valence-corrected chi connectivity index (χ0v) is 22.8. The number of aromatic carboxylic acids is 1. The van der Waals surface area contributed by atoms with Crippen molar-refractivity contribution in [3.8, 4) is 22.8 Å². The minimum atomic E-state index is -4.67. The molecule has 0 bridgehead atoms. The van der Waals surface area contributed by atoms with Gasteiger partial charge in [-0.2, -0.15) is 13.2 Å². The van der Waals surface area contributed by atoms with Crippen LogP contribution in [0.15, 0.2) is 59.1 Å². The molecule has 1 saturated carbocycles. The Labute approximate surface area is 242 Å². The lowest BCUT2D eigenvalue weighted by atomic mass is 9.93. The van der Waals surface area contributed by atoms with Crippen LogP contribution in [0.4, 0.5) is 13.2 Å². The summed E-state index contributed by atoms with van der Waals surface area (Å²) in [5, 5.41) is 14.1. The lowest BCUT2D eigenvalue weighted by molar-refractivity contribution is -0.139. The molecule has 2 aliphatic rings. The molecule has 0 radical (unpaired) electrons. The normalized spacial score (nSPS) is 16.7. The Morgan fingerprint density at radius 2 is 1.80 bits per heavy atom. The molecule has 41 heavy (non-hydrogen) atoms. The second-order valence-corrected chi connectivity index (χ2v) is 10.9. The summed E-state index contributed by atoms with van der Waals surface area (Å²) in [4.78, 5) is 11.3. The number of halogens is 5. The van der Waals surface area contributed by atoms with Gasteiger partial charge in [-0.15, -0.1) is 0 Å². The molecular formula is C30H22Cl2F3NO5. The summed E-state index contributed by atoms with van der Waals surface area (Å²) in [5.41, 5.74) is 1.31. The smallest absolute Gasteiger partial charge is 0.416 e. The van der Waals surface area contributed by atoms with E-state index >= 15 is 0 Å². The fraction of sp³-hybridized carbons (Fsp3) is 0.267. The zero-order valence-electron chi connectivity index (χ0n) is 21.3. The second-order valence-electron chi connectivity index (χ2n) is 10.1. The monoisotopic (exact) mass is 603 g/mol. The largest absolute Gasteiger partial charge is 0.489 e. The van der Waals surface area contributed by atoms with Gasteiger partial charge in [0.1, 0.15) is 35.7 Å². The lowest BCUT2D eigenvalue weighted by Gasteiger charge is -2.28. The number of hydrogen-bond donors (Lipinski definition) is 1. The van der Waals surface area contributed by atoms with Gasteiger partial charge in [-0.3, -0.25) is 0 Å². The highest BCUT2D eigenvalue weighted by molar-refractivity contribution is 6.39. The van der Waals surface area contributed by atoms with Gasteiger partial charge in [-0.05, 0) is 73.7 Å². The molecule has 6 rings (SSSR count). The minimum absolute atomic E-state index is 0.0162. The quantitative estimate of drug-likeness (QED) is 0.227. The third-order valence-corrected chi connectivity index (χ3v) is 7.91. The number of alkyl halides is 3. The molecular weight excluding hydrogens is 582 g/mol. The molecule has 1 fully saturated rings. The number of hydrogen-bond acceptors (Lipinski definition) is 5. The maximum atomic E-state index is 14.3. The van der Waals surface area contributed by atoms with E-state index in [1.807, 2.05) is 0 Å². The average Bonchev–Trinajstić information content (AvgIpc) is 3.70. The van der Waals surface area contributed by atoms with Crippen molar-refractivity contribution in [2.45, 2.75) is 50.5 Å². The van der Waals surface area contributed by atoms with Gasteiger partial charge in [-0.1, -0.05) is 40.5 Å². The standard InChI is InChI=1S/C30H22Cl2F3NO5/c31-22-2-1-3-23(32)26(22)27-20(28(41-36-27)15-4-5-15)14-39-18-8-9-19(21(13-18)30(33,34)35)25-11-6-16-12-17(29(37)38)7-10-24(16)40-25/h1-3,7-10,12-13,15,25H,4-6,11,14H2,(H,37,38). The molecule has 0 spiro atoms. The van der Waals surface area contributed by atoms with Crippen LogP contribution in [0.25, 0.3) is 11.3 Å². The molecule has 1 aliphatic carbocycles. The van der Waals surface area contributed by atoms with E-state index in [1.165, 1.54) is 30.3 Å². The first-order chi connectivity index (χ1) is 19.6. The van der Waals surface area contributed by atoms with E-state index in [9.17, 15) is 23.1 Å². The maximum Gasteiger partial charge on any atom is 0.416 e. The average molecular weight is 604 g/mol. The molecule has 3 aromatic carbocycles. The summed E-state index contributed by atoms with van der Waals surface area (Å²) >= 11 is 12.8. The van der Waals surface area contributed by atoms with Crippen molar-refractivity contribution in [1.29, 1.82) is 0 Å². The number of aryl methyl sites for hydroxylation is 1. The van der Waals surface area contributed by atoms with Crippen LogP contribution in [0.2, 0.25) is 10.0 Å². The topological polar surface area (TPSA) is 81.8 Å². The van der Waals surface area contributed by atoms with Crippen molar-refractivity contribution < 1.29 is 37.1 Å². The van der Waals surface area contributed by atoms with E-state index in [0.29, 0.717) is 50.4 Å². The summed E-state index contributed by atoms with van der Waals surface area (Å²) in [6, 6.07) is 13.2. The molecule has 4 aromatic rings. The Kier molecular flexibility index (Phi) is 7.11. The predicted octanol–water partition coefficient (Wildman–Crippen LogP) is 8.89. The van der Waals surface area contributed by atoms with E-state index in [-0.39, 0.29) is 35.8 Å². The van der Waals surface area contributed by atoms with Gasteiger partial charge in [0.05, 0.1) is 26.7 Å². The number of nitrogens with zero attached hydrogens (tertiary/aromatic N) is 1. The Balaban J connectivity index is 1.28. The van der Waals surface area contributed by atoms with Crippen LogP contribution < -0.4 is 9.47 Å². The van der Waals surface area contributed by atoms with Crippen molar-refractivity contribution in [2.75, 3.05) is 0 Å². The summed E-state index contributed by atoms with van der Waals surface area (Å²) in [6.45, 7) is -0.0952. The number of carboxylic acid groups (broad SMARTS) is 1. The molecule has 6 nitrogen and oxygen atoms in total. The van der Waals surface area contributed by atoms with E-state index in [2.05, 4.69) is 5.16 Å². The van der Waals surface area contributed by atoms with Gasteiger partial charge in [0.2, 0.25) is 0 Å². The van der Waals surface area contributed by atoms with E-state index in [0.717, 1.165) is 18.9 Å². The number of carboxylic acids is 1. The fourth-order valence-electron chi connectivity index (χ4n) is 5.10. The number of rotatable bonds is 7. The van der Waals surface area contributed by atoms with Gasteiger partial charge >= 0.3 is 12.1 Å². The zero-order chi connectivity index (χ0) is 28.9. The molecule has 212 valence electrons. The molecule has 1 aromatic heterocycles. The van der Waals surface area contributed by atoms with Gasteiger partial charge in [-0.25, -0.2) is 4.79 Å². The van der Waals surface area contributed by atoms with Crippen molar-refractivity contribution in [1.82, 2.24) is 5.16 Å². The van der Waals surface area contributed by atoms with Crippen LogP contribution in [0.5, 0.6) is 11.5 Å². The molecule has 1 unspecified atom stereocenters. The van der Waals surface area contributed by atoms with Crippen molar-refractivity contribution in [2.24, 2.45) is 0 Å². The molecule has 1 aliphatic heterocycles. The predicted molar refractivity (Wildman–Crippen MR) is 145 cm³/mol. The third kappa shape index (κ3) is 5.48. The molecule has 0 amide bonds. The first-order valence-electron chi connectivity index (χ1n) is 12.9. The van der Waals surface area contributed by atoms with Gasteiger partial charge in [0, 0.05) is 17.0 Å². The van der Waals surface area contributed by atoms with Crippen LogP contribution in [0.3, 0.4) is 0 Å². The highest BCUT2D eigenvalue weighted by Crippen LogP contribution is 2.47. The van der Waals surface area contributed by atoms with Crippen LogP contribution in [-0.2, 0) is 19.2 Å². The SMILES string of the molecule is O=C(O)c1ccc2c(c1)CCC(c1ccc(OCc3c(-c4c(Cl)cccc4Cl)noc3C3CC3)cc1C(F)(F)F)O2. The Morgan fingerprint density at radius 3 is 2.49 bits per heavy atom. The lowest BCUT2D eigenvalue weighted by Crippen LogP contribution is -2.20. The fourth-order valence-corrected chi connectivity index (χ4v) is 5.67. The highest BCUT2D eigenvalue weighted by Gasteiger charge is 2.38. The van der Waals surface area contributed by atoms with Gasteiger partial charge < -0.3 is 19.1 Å². The van der Waals surface area contributed by atoms with E-state index in [1.54, 1.807) is 18.2 Å². The number of ether oxygens (including phenoxy) is 2. The van der Waals surface area contributed by atoms with Crippen molar-refractivity contribution in [3.05, 3.63) is 98.2 Å². The van der Waals surface area contributed by atoms with Crippen LogP contribution >= 0.6 is 23.2 Å².